The van der Waals surface area contributed by atoms with Crippen LogP contribution in [0, 0.1) is 0 Å². The van der Waals surface area contributed by atoms with Crippen molar-refractivity contribution in [3.63, 3.8) is 0 Å². The summed E-state index contributed by atoms with van der Waals surface area (Å²) in [4.78, 5) is 12.0. The molecule has 0 aliphatic rings. The first-order chi connectivity index (χ1) is 17.5. The van der Waals surface area contributed by atoms with Crippen molar-refractivity contribution in [2.45, 2.75) is 123 Å². The van der Waals surface area contributed by atoms with Crippen molar-refractivity contribution in [1.29, 1.82) is 0 Å². The molecule has 0 amide bonds. The van der Waals surface area contributed by atoms with E-state index in [1.807, 2.05) is 36.0 Å². The molecule has 0 spiro atoms. The highest BCUT2D eigenvalue weighted by atomic mass is 31.2. The van der Waals surface area contributed by atoms with Crippen LogP contribution in [0.1, 0.15) is 122 Å². The molecular weight excluding hydrogens is 473 g/mol. The smallest absolute Gasteiger partial charge is 0.268 e. The van der Waals surface area contributed by atoms with Gasteiger partial charge in [0.1, 0.15) is 12.4 Å². The normalized spacial score (nSPS) is 13.0. The summed E-state index contributed by atoms with van der Waals surface area (Å²) in [5.41, 5.74) is 0.851. The Labute approximate surface area is 221 Å². The molecule has 1 aromatic heterocycles. The molecule has 0 aromatic carbocycles. The van der Waals surface area contributed by atoms with Crippen LogP contribution in [0.5, 0.6) is 0 Å². The second-order valence-corrected chi connectivity index (χ2v) is 11.0. The molecule has 208 valence electrons. The number of phosphoric ester groups is 1. The van der Waals surface area contributed by atoms with Gasteiger partial charge in [0.05, 0.1) is 18.8 Å². The summed E-state index contributed by atoms with van der Waals surface area (Å²) >= 11 is 0. The van der Waals surface area contributed by atoms with E-state index in [-0.39, 0.29) is 13.2 Å². The van der Waals surface area contributed by atoms with Crippen LogP contribution in [0.15, 0.2) is 31.1 Å². The average molecular weight is 526 g/mol. The minimum absolute atomic E-state index is 0.0228. The van der Waals surface area contributed by atoms with E-state index >= 15 is 0 Å². The lowest BCUT2D eigenvalue weighted by molar-refractivity contribution is -0.698. The molecule has 1 heterocycles. The Bertz CT molecular complexity index is 727. The van der Waals surface area contributed by atoms with Gasteiger partial charge >= 0.3 is 0 Å². The van der Waals surface area contributed by atoms with E-state index in [0.717, 1.165) is 24.8 Å². The molecule has 0 aliphatic heterocycles. The fourth-order valence-electron chi connectivity index (χ4n) is 4.21. The fraction of sp³-hybridized carbons (Fsp3) is 0.759. The van der Waals surface area contributed by atoms with Crippen LogP contribution >= 0.6 is 7.82 Å². The Morgan fingerprint density at radius 1 is 0.833 bits per heavy atom. The van der Waals surface area contributed by atoms with E-state index in [0.29, 0.717) is 18.9 Å². The molecule has 1 unspecified atom stereocenters. The van der Waals surface area contributed by atoms with Gasteiger partial charge in [0.15, 0.2) is 18.9 Å². The second kappa shape index (κ2) is 21.8. The lowest BCUT2D eigenvalue weighted by Crippen LogP contribution is -2.35. The predicted octanol–water partition coefficient (Wildman–Crippen LogP) is 7.74. The standard InChI is InChI=1S/C29H52NO5P/c1-4-6-7-8-9-10-11-12-13-14-15-16-17-18-19-20-25-34-36(31,32)35-26-24-30-23-21-22-29(27-30)28(3)33-5-2/h21-23,27H,3-20,24-26H2,1-2H3. The largest absolute Gasteiger partial charge is 0.756 e. The van der Waals surface area contributed by atoms with Crippen molar-refractivity contribution in [2.24, 2.45) is 0 Å². The molecule has 6 nitrogen and oxygen atoms in total. The maximum atomic E-state index is 12.0. The van der Waals surface area contributed by atoms with Crippen molar-refractivity contribution in [1.82, 2.24) is 0 Å². The van der Waals surface area contributed by atoms with E-state index in [4.69, 9.17) is 13.8 Å². The Balaban J connectivity index is 1.95. The van der Waals surface area contributed by atoms with Crippen molar-refractivity contribution < 1.29 is 27.8 Å². The zero-order chi connectivity index (χ0) is 26.3. The van der Waals surface area contributed by atoms with Crippen LogP contribution in [0.25, 0.3) is 5.76 Å². The van der Waals surface area contributed by atoms with Gasteiger partial charge < -0.3 is 18.7 Å². The number of hydrogen-bond donors (Lipinski definition) is 0. The highest BCUT2D eigenvalue weighted by Crippen LogP contribution is 2.38. The molecule has 0 saturated heterocycles. The molecule has 0 fully saturated rings. The Morgan fingerprint density at radius 2 is 1.33 bits per heavy atom. The number of phosphoric acid groups is 1. The van der Waals surface area contributed by atoms with E-state index in [2.05, 4.69) is 13.5 Å². The summed E-state index contributed by atoms with van der Waals surface area (Å²) in [6.45, 7) is 9.21. The first-order valence-electron chi connectivity index (χ1n) is 14.4. The van der Waals surface area contributed by atoms with Gasteiger partial charge in [0, 0.05) is 6.07 Å². The van der Waals surface area contributed by atoms with Crippen molar-refractivity contribution in [3.05, 3.63) is 36.7 Å². The van der Waals surface area contributed by atoms with Crippen LogP contribution in [0.2, 0.25) is 0 Å². The molecule has 0 radical (unpaired) electrons. The first kappa shape index (κ1) is 32.8. The highest BCUT2D eigenvalue weighted by Gasteiger charge is 2.12. The zero-order valence-corrected chi connectivity index (χ0v) is 24.0. The topological polar surface area (TPSA) is 71.7 Å². The van der Waals surface area contributed by atoms with Gasteiger partial charge in [-0.2, -0.15) is 0 Å². The van der Waals surface area contributed by atoms with Gasteiger partial charge in [-0.15, -0.1) is 0 Å². The summed E-state index contributed by atoms with van der Waals surface area (Å²) in [5.74, 6) is 0.587. The number of unbranched alkanes of at least 4 members (excludes halogenated alkanes) is 15. The molecule has 0 saturated carbocycles. The molecule has 36 heavy (non-hydrogen) atoms. The van der Waals surface area contributed by atoms with Crippen LogP contribution in [0.4, 0.5) is 0 Å². The van der Waals surface area contributed by atoms with Crippen LogP contribution in [-0.4, -0.2) is 19.8 Å². The highest BCUT2D eigenvalue weighted by molar-refractivity contribution is 7.45. The SMILES string of the molecule is C=C(OCC)c1ccc[n+](CCOP(=O)([O-])OCCCCCCCCCCCCCCCCCC)c1. The third-order valence-corrected chi connectivity index (χ3v) is 7.34. The molecule has 1 atom stereocenters. The first-order valence-corrected chi connectivity index (χ1v) is 15.9. The number of rotatable bonds is 25. The number of pyridine rings is 1. The summed E-state index contributed by atoms with van der Waals surface area (Å²) in [6.07, 6.45) is 24.2. The number of nitrogens with zero attached hydrogens (tertiary/aromatic N) is 1. The maximum absolute atomic E-state index is 12.0. The van der Waals surface area contributed by atoms with Crippen molar-refractivity contribution in [3.8, 4) is 0 Å². The van der Waals surface area contributed by atoms with Crippen LogP contribution < -0.4 is 9.46 Å². The van der Waals surface area contributed by atoms with Gasteiger partial charge in [-0.1, -0.05) is 110 Å². The fourth-order valence-corrected chi connectivity index (χ4v) is 4.94. The lowest BCUT2D eigenvalue weighted by atomic mass is 10.0. The Kier molecular flexibility index (Phi) is 19.9. The molecule has 1 aromatic rings. The average Bonchev–Trinajstić information content (AvgIpc) is 2.86. The van der Waals surface area contributed by atoms with Crippen LogP contribution in [0.3, 0.4) is 0 Å². The van der Waals surface area contributed by atoms with E-state index in [1.54, 1.807) is 0 Å². The number of ether oxygens (including phenoxy) is 1. The third-order valence-electron chi connectivity index (χ3n) is 6.34. The quantitative estimate of drug-likeness (QED) is 0.0565. The molecule has 0 aliphatic carbocycles. The van der Waals surface area contributed by atoms with Gasteiger partial charge in [0.25, 0.3) is 7.82 Å². The third kappa shape index (κ3) is 18.1. The van der Waals surface area contributed by atoms with Gasteiger partial charge in [-0.3, -0.25) is 4.57 Å². The summed E-state index contributed by atoms with van der Waals surface area (Å²) < 4.78 is 29.3. The molecule has 1 rings (SSSR count). The van der Waals surface area contributed by atoms with Crippen molar-refractivity contribution >= 4 is 13.6 Å². The van der Waals surface area contributed by atoms with E-state index < -0.39 is 7.82 Å². The number of aromatic nitrogens is 1. The van der Waals surface area contributed by atoms with Crippen LogP contribution in [-0.2, 0) is 24.9 Å². The van der Waals surface area contributed by atoms with E-state index in [9.17, 15) is 9.46 Å². The summed E-state index contributed by atoms with van der Waals surface area (Å²) in [7, 11) is -4.27. The maximum Gasteiger partial charge on any atom is 0.268 e. The van der Waals surface area contributed by atoms with E-state index in [1.165, 1.54) is 83.5 Å². The molecular formula is C29H52NO5P. The molecule has 0 N–H and O–H groups in total. The van der Waals surface area contributed by atoms with Gasteiger partial charge in [0.2, 0.25) is 0 Å². The number of hydrogen-bond acceptors (Lipinski definition) is 5. The second-order valence-electron chi connectivity index (χ2n) is 9.60. The monoisotopic (exact) mass is 525 g/mol. The minimum Gasteiger partial charge on any atom is -0.756 e. The molecule has 0 bridgehead atoms. The predicted molar refractivity (Wildman–Crippen MR) is 146 cm³/mol. The lowest BCUT2D eigenvalue weighted by Gasteiger charge is -2.21. The summed E-state index contributed by atoms with van der Waals surface area (Å²) in [5, 5.41) is 0. The van der Waals surface area contributed by atoms with Gasteiger partial charge in [-0.25, -0.2) is 4.57 Å². The molecule has 7 heteroatoms. The van der Waals surface area contributed by atoms with Crippen molar-refractivity contribution in [2.75, 3.05) is 19.8 Å². The zero-order valence-electron chi connectivity index (χ0n) is 23.1. The Morgan fingerprint density at radius 3 is 1.86 bits per heavy atom. The Hall–Kier alpha value is -1.20. The minimum atomic E-state index is -4.27. The van der Waals surface area contributed by atoms with Gasteiger partial charge in [-0.05, 0) is 19.4 Å². The summed E-state index contributed by atoms with van der Waals surface area (Å²) in [6, 6.07) is 3.76.